The van der Waals surface area contributed by atoms with E-state index in [-0.39, 0.29) is 18.9 Å². The van der Waals surface area contributed by atoms with Gasteiger partial charge in [-0.2, -0.15) is 0 Å². The van der Waals surface area contributed by atoms with Crippen molar-refractivity contribution in [2.24, 2.45) is 11.8 Å². The molecule has 0 bridgehead atoms. The Balaban J connectivity index is 0.00000256. The van der Waals surface area contributed by atoms with Gasteiger partial charge < -0.3 is 5.11 Å². The van der Waals surface area contributed by atoms with Crippen LogP contribution in [0.15, 0.2) is 0 Å². The number of hydrogen-bond donors (Lipinski definition) is 0. The molecule has 0 amide bonds. The fourth-order valence-electron chi connectivity index (χ4n) is 2.72. The standard InChI is InChI=1S/C14H27NO.Li/c1-11(10-14(4,5)16)12(2)13(3)15-8-6-7-9-15;/h11-12H,6-10H2,1-5H3;/q;+1/t11-,12+;/m1./s1. The van der Waals surface area contributed by atoms with Gasteiger partial charge in [-0.1, -0.05) is 34.1 Å². The van der Waals surface area contributed by atoms with E-state index in [4.69, 9.17) is 0 Å². The third-order valence-corrected chi connectivity index (χ3v) is 3.93. The first-order chi connectivity index (χ1) is 7.31. The molecule has 0 aromatic rings. The third kappa shape index (κ3) is 5.60. The van der Waals surface area contributed by atoms with Crippen LogP contribution in [0.4, 0.5) is 0 Å². The summed E-state index contributed by atoms with van der Waals surface area (Å²) in [5, 5.41) is 11.7. The Bertz CT molecular complexity index is 260. The van der Waals surface area contributed by atoms with Crippen molar-refractivity contribution in [2.75, 3.05) is 13.1 Å². The molecule has 1 aliphatic rings. The van der Waals surface area contributed by atoms with Gasteiger partial charge in [0.1, 0.15) is 13.1 Å². The monoisotopic (exact) mass is 232 g/mol. The van der Waals surface area contributed by atoms with Crippen molar-refractivity contribution >= 4 is 5.71 Å². The van der Waals surface area contributed by atoms with Crippen LogP contribution in [0.1, 0.15) is 53.9 Å². The summed E-state index contributed by atoms with van der Waals surface area (Å²) in [5.74, 6) is 1.01. The van der Waals surface area contributed by atoms with E-state index in [9.17, 15) is 5.11 Å². The van der Waals surface area contributed by atoms with Crippen LogP contribution in [0.25, 0.3) is 0 Å². The minimum atomic E-state index is -0.793. The van der Waals surface area contributed by atoms with E-state index in [0.29, 0.717) is 11.8 Å². The van der Waals surface area contributed by atoms with E-state index in [1.165, 1.54) is 31.6 Å². The molecule has 0 aliphatic carbocycles. The summed E-state index contributed by atoms with van der Waals surface area (Å²) < 4.78 is 2.50. The van der Waals surface area contributed by atoms with Crippen molar-refractivity contribution in [1.29, 1.82) is 0 Å². The molecular formula is C14H27LiNO+. The second-order valence-electron chi connectivity index (χ2n) is 6.07. The minimum Gasteiger partial charge on any atom is -0.850 e. The van der Waals surface area contributed by atoms with Crippen LogP contribution < -0.4 is 24.0 Å². The van der Waals surface area contributed by atoms with Gasteiger partial charge in [0.05, 0.1) is 0 Å². The fourth-order valence-corrected chi connectivity index (χ4v) is 2.72. The van der Waals surface area contributed by atoms with E-state index >= 15 is 0 Å². The average molecular weight is 232 g/mol. The zero-order valence-corrected chi connectivity index (χ0v) is 12.5. The first-order valence-corrected chi connectivity index (χ1v) is 6.60. The number of hydrogen-bond acceptors (Lipinski definition) is 1. The molecule has 0 saturated carbocycles. The molecule has 1 heterocycles. The zero-order valence-electron chi connectivity index (χ0n) is 12.5. The van der Waals surface area contributed by atoms with Crippen LogP contribution in [0.3, 0.4) is 0 Å². The fraction of sp³-hybridized carbons (Fsp3) is 0.929. The van der Waals surface area contributed by atoms with Gasteiger partial charge in [0.25, 0.3) is 0 Å². The quantitative estimate of drug-likeness (QED) is 0.454. The number of rotatable bonds is 4. The van der Waals surface area contributed by atoms with Gasteiger partial charge in [-0.25, -0.2) is 4.58 Å². The molecule has 2 atom stereocenters. The van der Waals surface area contributed by atoms with Gasteiger partial charge in [0, 0.05) is 25.7 Å². The van der Waals surface area contributed by atoms with Crippen molar-refractivity contribution in [3.8, 4) is 0 Å². The molecule has 1 saturated heterocycles. The van der Waals surface area contributed by atoms with E-state index in [2.05, 4.69) is 25.3 Å². The minimum absolute atomic E-state index is 0. The van der Waals surface area contributed by atoms with Crippen LogP contribution in [0.5, 0.6) is 0 Å². The summed E-state index contributed by atoms with van der Waals surface area (Å²) in [7, 11) is 0. The maximum atomic E-state index is 11.7. The molecule has 1 aliphatic heterocycles. The summed E-state index contributed by atoms with van der Waals surface area (Å²) in [6.07, 6.45) is 3.41. The van der Waals surface area contributed by atoms with Crippen LogP contribution >= 0.6 is 0 Å². The summed E-state index contributed by atoms with van der Waals surface area (Å²) >= 11 is 0. The Hall–Kier alpha value is 0.227. The van der Waals surface area contributed by atoms with Crippen molar-refractivity contribution in [3.05, 3.63) is 0 Å². The average Bonchev–Trinajstić information content (AvgIpc) is 2.65. The van der Waals surface area contributed by atoms with Gasteiger partial charge in [-0.05, 0) is 5.92 Å². The van der Waals surface area contributed by atoms with Gasteiger partial charge in [-0.3, -0.25) is 0 Å². The Labute approximate surface area is 119 Å². The maximum absolute atomic E-state index is 11.7. The van der Waals surface area contributed by atoms with E-state index < -0.39 is 5.60 Å². The second kappa shape index (κ2) is 6.97. The first kappa shape index (κ1) is 17.2. The molecule has 1 fully saturated rings. The van der Waals surface area contributed by atoms with E-state index in [1.807, 2.05) is 0 Å². The Morgan fingerprint density at radius 2 is 1.71 bits per heavy atom. The van der Waals surface area contributed by atoms with Gasteiger partial charge >= 0.3 is 18.9 Å². The van der Waals surface area contributed by atoms with Crippen molar-refractivity contribution in [1.82, 2.24) is 0 Å². The third-order valence-electron chi connectivity index (χ3n) is 3.93. The maximum Gasteiger partial charge on any atom is 1.00 e. The van der Waals surface area contributed by atoms with Crippen molar-refractivity contribution in [3.63, 3.8) is 0 Å². The molecule has 2 nitrogen and oxygen atoms in total. The number of nitrogens with zero attached hydrogens (tertiary/aromatic N) is 1. The van der Waals surface area contributed by atoms with Crippen LogP contribution in [0, 0.1) is 11.8 Å². The summed E-state index contributed by atoms with van der Waals surface area (Å²) in [6.45, 7) is 12.7. The smallest absolute Gasteiger partial charge is 0.850 e. The normalized spacial score (nSPS) is 19.8. The van der Waals surface area contributed by atoms with E-state index in [1.54, 1.807) is 13.8 Å². The van der Waals surface area contributed by atoms with Gasteiger partial charge in [0.15, 0.2) is 5.71 Å². The van der Waals surface area contributed by atoms with Crippen molar-refractivity contribution < 1.29 is 28.5 Å². The SMILES string of the molecule is CC([C@@H](C)[C@H](C)CC(C)(C)[O-])=[N+]1CCCC1.[Li+]. The van der Waals surface area contributed by atoms with Crippen molar-refractivity contribution in [2.45, 2.75) is 59.5 Å². The first-order valence-electron chi connectivity index (χ1n) is 6.60. The zero-order chi connectivity index (χ0) is 12.3. The molecule has 0 spiro atoms. The molecule has 0 N–H and O–H groups in total. The summed E-state index contributed by atoms with van der Waals surface area (Å²) in [6, 6.07) is 0. The van der Waals surface area contributed by atoms with Crippen LogP contribution in [0.2, 0.25) is 0 Å². The van der Waals surface area contributed by atoms with Crippen LogP contribution in [-0.2, 0) is 0 Å². The second-order valence-corrected chi connectivity index (χ2v) is 6.07. The largest absolute Gasteiger partial charge is 1.00 e. The molecule has 17 heavy (non-hydrogen) atoms. The Kier molecular flexibility index (Phi) is 7.07. The predicted molar refractivity (Wildman–Crippen MR) is 66.9 cm³/mol. The molecule has 3 heteroatoms. The molecule has 0 aromatic carbocycles. The van der Waals surface area contributed by atoms with Gasteiger partial charge in [0.2, 0.25) is 0 Å². The molecule has 94 valence electrons. The molecular weight excluding hydrogens is 205 g/mol. The summed E-state index contributed by atoms with van der Waals surface area (Å²) in [4.78, 5) is 0. The van der Waals surface area contributed by atoms with Crippen LogP contribution in [-0.4, -0.2) is 29.0 Å². The van der Waals surface area contributed by atoms with Gasteiger partial charge in [-0.15, -0.1) is 5.60 Å². The molecule has 0 radical (unpaired) electrons. The molecule has 0 aromatic heterocycles. The van der Waals surface area contributed by atoms with E-state index in [0.717, 1.165) is 6.42 Å². The summed E-state index contributed by atoms with van der Waals surface area (Å²) in [5.41, 5.74) is 0.688. The molecule has 0 unspecified atom stereocenters. The Morgan fingerprint density at radius 1 is 1.24 bits per heavy atom. The Morgan fingerprint density at radius 3 is 2.12 bits per heavy atom. The predicted octanol–water partition coefficient (Wildman–Crippen LogP) is -0.941. The topological polar surface area (TPSA) is 26.1 Å². The molecule has 1 rings (SSSR count).